The molecule has 0 bridgehead atoms. The molecule has 1 aliphatic heterocycles. The van der Waals surface area contributed by atoms with Gasteiger partial charge in [-0.1, -0.05) is 0 Å². The Labute approximate surface area is 131 Å². The number of piperidine rings is 1. The molecule has 0 amide bonds. The van der Waals surface area contributed by atoms with Crippen LogP contribution in [-0.4, -0.2) is 38.6 Å². The van der Waals surface area contributed by atoms with Gasteiger partial charge in [0.05, 0.1) is 12.1 Å². The zero-order valence-electron chi connectivity index (χ0n) is 13.4. The molecule has 0 saturated carbocycles. The van der Waals surface area contributed by atoms with Gasteiger partial charge in [0.2, 0.25) is 0 Å². The van der Waals surface area contributed by atoms with Crippen molar-refractivity contribution >= 4 is 5.69 Å². The van der Waals surface area contributed by atoms with Crippen molar-refractivity contribution in [1.29, 1.82) is 0 Å². The minimum absolute atomic E-state index is 0.427. The fourth-order valence-electron chi connectivity index (χ4n) is 2.94. The van der Waals surface area contributed by atoms with Crippen molar-refractivity contribution in [3.63, 3.8) is 0 Å². The van der Waals surface area contributed by atoms with E-state index in [0.717, 1.165) is 24.5 Å². The lowest BCUT2D eigenvalue weighted by Crippen LogP contribution is -2.29. The largest absolute Gasteiger partial charge is 0.389 e. The van der Waals surface area contributed by atoms with Crippen LogP contribution in [0.1, 0.15) is 33.1 Å². The Morgan fingerprint density at radius 3 is 2.41 bits per heavy atom. The van der Waals surface area contributed by atoms with Crippen LogP contribution >= 0.6 is 0 Å². The van der Waals surface area contributed by atoms with Crippen LogP contribution in [0.15, 0.2) is 30.6 Å². The maximum Gasteiger partial charge on any atom is 0.158 e. The Balaban J connectivity index is 1.80. The summed E-state index contributed by atoms with van der Waals surface area (Å²) in [6, 6.07) is 8.50. The molecule has 1 N–H and O–H groups in total. The van der Waals surface area contributed by atoms with Crippen molar-refractivity contribution in [2.45, 2.75) is 45.3 Å². The predicted octanol–water partition coefficient (Wildman–Crippen LogP) is 2.71. The molecule has 1 saturated heterocycles. The quantitative estimate of drug-likeness (QED) is 0.943. The molecule has 1 aromatic heterocycles. The molecule has 0 spiro atoms. The van der Waals surface area contributed by atoms with E-state index in [-0.39, 0.29) is 0 Å². The fraction of sp³-hybridized carbons (Fsp3) is 0.529. The van der Waals surface area contributed by atoms with Crippen LogP contribution in [0.4, 0.5) is 5.69 Å². The predicted molar refractivity (Wildman–Crippen MR) is 87.8 cm³/mol. The van der Waals surface area contributed by atoms with Crippen molar-refractivity contribution in [3.8, 4) is 11.4 Å². The van der Waals surface area contributed by atoms with Gasteiger partial charge in [0.15, 0.2) is 5.82 Å². The average molecular weight is 300 g/mol. The molecule has 1 aliphatic rings. The van der Waals surface area contributed by atoms with Gasteiger partial charge >= 0.3 is 0 Å². The lowest BCUT2D eigenvalue weighted by atomic mass is 10.1. The molecule has 22 heavy (non-hydrogen) atoms. The number of benzene rings is 1. The number of aliphatic hydroxyl groups is 1. The number of nitrogens with zero attached hydrogens (tertiary/aromatic N) is 4. The highest BCUT2D eigenvalue weighted by atomic mass is 16.3. The van der Waals surface area contributed by atoms with E-state index in [1.165, 1.54) is 24.9 Å². The first kappa shape index (κ1) is 15.0. The molecule has 0 atom stereocenters. The van der Waals surface area contributed by atoms with Gasteiger partial charge in [0.1, 0.15) is 6.33 Å². The van der Waals surface area contributed by atoms with Crippen LogP contribution in [0.2, 0.25) is 0 Å². The van der Waals surface area contributed by atoms with Crippen LogP contribution in [0.5, 0.6) is 0 Å². The van der Waals surface area contributed by atoms with E-state index in [4.69, 9.17) is 0 Å². The van der Waals surface area contributed by atoms with E-state index in [1.807, 2.05) is 0 Å². The maximum absolute atomic E-state index is 9.98. The van der Waals surface area contributed by atoms with Gasteiger partial charge in [0, 0.05) is 24.3 Å². The first-order valence-electron chi connectivity index (χ1n) is 7.98. The SMILES string of the molecule is CC(C)(O)Cn1ncnc1-c1ccc(N2CCCCC2)cc1. The van der Waals surface area contributed by atoms with Gasteiger partial charge in [-0.3, -0.25) is 0 Å². The smallest absolute Gasteiger partial charge is 0.158 e. The van der Waals surface area contributed by atoms with Gasteiger partial charge in [0.25, 0.3) is 0 Å². The second-order valence-electron chi connectivity index (χ2n) is 6.65. The Hall–Kier alpha value is -1.88. The molecule has 0 aliphatic carbocycles. The third-order valence-corrected chi connectivity index (χ3v) is 4.00. The number of rotatable bonds is 4. The van der Waals surface area contributed by atoms with Crippen molar-refractivity contribution in [3.05, 3.63) is 30.6 Å². The third kappa shape index (κ3) is 3.47. The van der Waals surface area contributed by atoms with E-state index >= 15 is 0 Å². The fourth-order valence-corrected chi connectivity index (χ4v) is 2.94. The summed E-state index contributed by atoms with van der Waals surface area (Å²) in [4.78, 5) is 6.78. The third-order valence-electron chi connectivity index (χ3n) is 4.00. The number of hydrogen-bond acceptors (Lipinski definition) is 4. The van der Waals surface area contributed by atoms with Crippen molar-refractivity contribution in [2.75, 3.05) is 18.0 Å². The van der Waals surface area contributed by atoms with Crippen LogP contribution in [-0.2, 0) is 6.54 Å². The molecular weight excluding hydrogens is 276 g/mol. The molecule has 0 radical (unpaired) electrons. The summed E-state index contributed by atoms with van der Waals surface area (Å²) in [7, 11) is 0. The topological polar surface area (TPSA) is 54.2 Å². The van der Waals surface area contributed by atoms with Crippen LogP contribution < -0.4 is 4.90 Å². The Bertz CT molecular complexity index is 606. The van der Waals surface area contributed by atoms with Crippen molar-refractivity contribution < 1.29 is 5.11 Å². The monoisotopic (exact) mass is 300 g/mol. The zero-order chi connectivity index (χ0) is 15.6. The molecule has 118 valence electrons. The Morgan fingerprint density at radius 2 is 1.77 bits per heavy atom. The summed E-state index contributed by atoms with van der Waals surface area (Å²) in [6.07, 6.45) is 5.44. The van der Waals surface area contributed by atoms with Crippen molar-refractivity contribution in [1.82, 2.24) is 14.8 Å². The number of hydrogen-bond donors (Lipinski definition) is 1. The van der Waals surface area contributed by atoms with E-state index in [2.05, 4.69) is 39.2 Å². The summed E-state index contributed by atoms with van der Waals surface area (Å²) in [5.41, 5.74) is 1.50. The summed E-state index contributed by atoms with van der Waals surface area (Å²) >= 11 is 0. The first-order chi connectivity index (χ1) is 10.5. The van der Waals surface area contributed by atoms with E-state index in [9.17, 15) is 5.11 Å². The maximum atomic E-state index is 9.98. The second kappa shape index (κ2) is 6.08. The lowest BCUT2D eigenvalue weighted by Gasteiger charge is -2.28. The van der Waals surface area contributed by atoms with Crippen molar-refractivity contribution in [2.24, 2.45) is 0 Å². The van der Waals surface area contributed by atoms with Crippen LogP contribution in [0.25, 0.3) is 11.4 Å². The summed E-state index contributed by atoms with van der Waals surface area (Å²) in [6.45, 7) is 6.27. The molecule has 1 aromatic carbocycles. The standard InChI is InChI=1S/C17H24N4O/c1-17(2,22)12-21-16(18-13-19-21)14-6-8-15(9-7-14)20-10-4-3-5-11-20/h6-9,13,22H,3-5,10-12H2,1-2H3. The van der Waals surface area contributed by atoms with Crippen LogP contribution in [0, 0.1) is 0 Å². The van der Waals surface area contributed by atoms with Crippen LogP contribution in [0.3, 0.4) is 0 Å². The lowest BCUT2D eigenvalue weighted by molar-refractivity contribution is 0.0582. The summed E-state index contributed by atoms with van der Waals surface area (Å²) in [5.74, 6) is 0.798. The Morgan fingerprint density at radius 1 is 1.09 bits per heavy atom. The summed E-state index contributed by atoms with van der Waals surface area (Å²) in [5, 5.41) is 14.2. The molecule has 5 nitrogen and oxygen atoms in total. The highest BCUT2D eigenvalue weighted by Crippen LogP contribution is 2.24. The molecule has 0 unspecified atom stereocenters. The molecule has 3 rings (SSSR count). The number of anilines is 1. The molecule has 2 heterocycles. The van der Waals surface area contributed by atoms with E-state index in [0.29, 0.717) is 6.54 Å². The average Bonchev–Trinajstić information content (AvgIpc) is 2.94. The van der Waals surface area contributed by atoms with Gasteiger partial charge in [-0.25, -0.2) is 9.67 Å². The minimum Gasteiger partial charge on any atom is -0.389 e. The molecule has 5 heteroatoms. The normalized spacial score (nSPS) is 16.0. The first-order valence-corrected chi connectivity index (χ1v) is 7.98. The molecular formula is C17H24N4O. The van der Waals surface area contributed by atoms with Gasteiger partial charge in [-0.05, 0) is 57.4 Å². The Kier molecular flexibility index (Phi) is 4.16. The zero-order valence-corrected chi connectivity index (χ0v) is 13.4. The van der Waals surface area contributed by atoms with Gasteiger partial charge in [-0.2, -0.15) is 5.10 Å². The highest BCUT2D eigenvalue weighted by molar-refractivity contribution is 5.60. The van der Waals surface area contributed by atoms with Gasteiger partial charge in [-0.15, -0.1) is 0 Å². The second-order valence-corrected chi connectivity index (χ2v) is 6.65. The number of aromatic nitrogens is 3. The molecule has 1 fully saturated rings. The van der Waals surface area contributed by atoms with E-state index < -0.39 is 5.60 Å². The summed E-state index contributed by atoms with van der Waals surface area (Å²) < 4.78 is 1.76. The minimum atomic E-state index is -0.809. The van der Waals surface area contributed by atoms with E-state index in [1.54, 1.807) is 24.9 Å². The highest BCUT2D eigenvalue weighted by Gasteiger charge is 2.18. The van der Waals surface area contributed by atoms with Gasteiger partial charge < -0.3 is 10.0 Å². The molecule has 2 aromatic rings.